The van der Waals surface area contributed by atoms with Crippen LogP contribution in [0, 0.1) is 23.2 Å². The number of hydrogen-bond acceptors (Lipinski definition) is 9. The second kappa shape index (κ2) is 25.0. The molecule has 1 saturated carbocycles. The van der Waals surface area contributed by atoms with Crippen molar-refractivity contribution in [3.8, 4) is 0 Å². The highest BCUT2D eigenvalue weighted by Crippen LogP contribution is 2.28. The van der Waals surface area contributed by atoms with Gasteiger partial charge in [0.05, 0.1) is 31.1 Å². The Labute approximate surface area is 323 Å². The van der Waals surface area contributed by atoms with E-state index >= 15 is 0 Å². The summed E-state index contributed by atoms with van der Waals surface area (Å²) >= 11 is 0. The number of carbonyl (C=O) groups excluding carboxylic acids is 5. The molecule has 0 aromatic carbocycles. The lowest BCUT2D eigenvalue weighted by atomic mass is 9.83. The number of unbranched alkanes of at least 4 members (excludes halogenated alkanes) is 4. The van der Waals surface area contributed by atoms with Crippen molar-refractivity contribution >= 4 is 35.4 Å². The standard InChI is InChI=1S/C39H72N8O7/c1-7-8-9-13-18-32-27(5)39(52)47(6)31(21-25(2)3)37(50)46-34(28-16-11-10-12-17-28)38(51)44-29(22-40)35(48)45-30(36(49)43-26(4)23-54-32)24-53-20-15-14-19-33(41)42/h25-32,34H,7-24,40H2,1-6H3,(H3,41,42)(H,43,49)(H,44,51)(H,45,48)(H,46,50)/t26-,27-,29+,30+,31+,32-,34+/m1/s1. The van der Waals surface area contributed by atoms with E-state index in [1.54, 1.807) is 14.0 Å². The molecular weight excluding hydrogens is 692 g/mol. The smallest absolute Gasteiger partial charge is 0.245 e. The molecule has 0 bridgehead atoms. The lowest BCUT2D eigenvalue weighted by molar-refractivity contribution is -0.147. The highest BCUT2D eigenvalue weighted by atomic mass is 16.5. The molecule has 2 aliphatic rings. The van der Waals surface area contributed by atoms with Gasteiger partial charge in [-0.1, -0.05) is 72.6 Å². The minimum Gasteiger partial charge on any atom is -0.388 e. The number of nitrogens with one attached hydrogen (secondary N) is 5. The van der Waals surface area contributed by atoms with Gasteiger partial charge in [0.15, 0.2) is 0 Å². The van der Waals surface area contributed by atoms with E-state index in [4.69, 9.17) is 26.4 Å². The van der Waals surface area contributed by atoms with E-state index in [1.807, 2.05) is 20.8 Å². The van der Waals surface area contributed by atoms with Crippen LogP contribution in [0.1, 0.15) is 125 Å². The van der Waals surface area contributed by atoms with Crippen LogP contribution in [0.25, 0.3) is 0 Å². The molecule has 0 spiro atoms. The van der Waals surface area contributed by atoms with Crippen molar-refractivity contribution in [2.75, 3.05) is 33.4 Å². The van der Waals surface area contributed by atoms with E-state index in [2.05, 4.69) is 28.2 Å². The first-order chi connectivity index (χ1) is 25.7. The van der Waals surface area contributed by atoms with Crippen LogP contribution >= 0.6 is 0 Å². The fourth-order valence-electron chi connectivity index (χ4n) is 7.21. The number of rotatable bonds is 16. The molecule has 0 radical (unpaired) electrons. The molecule has 7 atom stereocenters. The van der Waals surface area contributed by atoms with Crippen molar-refractivity contribution in [3.63, 3.8) is 0 Å². The third-order valence-corrected chi connectivity index (χ3v) is 10.5. The Bertz CT molecular complexity index is 1200. The number of ether oxygens (including phenoxy) is 2. The number of nitrogens with zero attached hydrogens (tertiary/aromatic N) is 1. The summed E-state index contributed by atoms with van der Waals surface area (Å²) in [5.74, 6) is -2.96. The first-order valence-electron chi connectivity index (χ1n) is 20.4. The van der Waals surface area contributed by atoms with Crippen LogP contribution in [-0.4, -0.2) is 110 Å². The number of amidine groups is 1. The molecule has 1 saturated heterocycles. The van der Waals surface area contributed by atoms with Crippen LogP contribution in [0.3, 0.4) is 0 Å². The van der Waals surface area contributed by atoms with Crippen molar-refractivity contribution in [3.05, 3.63) is 0 Å². The summed E-state index contributed by atoms with van der Waals surface area (Å²) in [6.45, 7) is 9.71. The fourth-order valence-corrected chi connectivity index (χ4v) is 7.21. The molecule has 5 amide bonds. The minimum atomic E-state index is -1.20. The Morgan fingerprint density at radius 1 is 0.889 bits per heavy atom. The highest BCUT2D eigenvalue weighted by Gasteiger charge is 2.39. The van der Waals surface area contributed by atoms with Crippen molar-refractivity contribution in [2.45, 2.75) is 161 Å². The van der Waals surface area contributed by atoms with Crippen molar-refractivity contribution in [1.29, 1.82) is 5.41 Å². The van der Waals surface area contributed by atoms with Gasteiger partial charge in [0.2, 0.25) is 29.5 Å². The molecule has 1 aliphatic carbocycles. The zero-order valence-electron chi connectivity index (χ0n) is 33.9. The van der Waals surface area contributed by atoms with Crippen LogP contribution in [0.4, 0.5) is 0 Å². The summed E-state index contributed by atoms with van der Waals surface area (Å²) in [7, 11) is 1.64. The normalized spacial score (nSPS) is 27.7. The molecular formula is C39H72N8O7. The Kier molecular flexibility index (Phi) is 21.7. The third kappa shape index (κ3) is 16.2. The molecule has 2 rings (SSSR count). The van der Waals surface area contributed by atoms with Crippen LogP contribution in [-0.2, 0) is 33.4 Å². The molecule has 54 heavy (non-hydrogen) atoms. The summed E-state index contributed by atoms with van der Waals surface area (Å²) in [5, 5.41) is 18.8. The van der Waals surface area contributed by atoms with Crippen molar-refractivity contribution < 1.29 is 33.4 Å². The second-order valence-corrected chi connectivity index (χ2v) is 15.8. The Balaban J connectivity index is 2.50. The van der Waals surface area contributed by atoms with E-state index in [9.17, 15) is 24.0 Å². The average Bonchev–Trinajstić information content (AvgIpc) is 3.14. The van der Waals surface area contributed by atoms with Gasteiger partial charge in [-0.2, -0.15) is 0 Å². The minimum absolute atomic E-state index is 0.0724. The summed E-state index contributed by atoms with van der Waals surface area (Å²) < 4.78 is 12.2. The van der Waals surface area contributed by atoms with Crippen molar-refractivity contribution in [1.82, 2.24) is 26.2 Å². The van der Waals surface area contributed by atoms with Gasteiger partial charge in [0.25, 0.3) is 0 Å². The van der Waals surface area contributed by atoms with E-state index < -0.39 is 65.9 Å². The Morgan fingerprint density at radius 3 is 2.19 bits per heavy atom. The van der Waals surface area contributed by atoms with E-state index in [0.29, 0.717) is 32.1 Å². The Hall–Kier alpha value is -3.30. The van der Waals surface area contributed by atoms with E-state index in [-0.39, 0.29) is 49.9 Å². The molecule has 9 N–H and O–H groups in total. The van der Waals surface area contributed by atoms with Gasteiger partial charge in [0, 0.05) is 32.7 Å². The number of hydrogen-bond donors (Lipinski definition) is 7. The van der Waals surface area contributed by atoms with Gasteiger partial charge in [-0.15, -0.1) is 0 Å². The molecule has 1 heterocycles. The van der Waals surface area contributed by atoms with Crippen LogP contribution in [0.2, 0.25) is 0 Å². The maximum atomic E-state index is 14.2. The van der Waals surface area contributed by atoms with Gasteiger partial charge in [0.1, 0.15) is 24.2 Å². The summed E-state index contributed by atoms with van der Waals surface area (Å²) in [4.78, 5) is 71.3. The van der Waals surface area contributed by atoms with Crippen molar-refractivity contribution in [2.24, 2.45) is 29.2 Å². The summed E-state index contributed by atoms with van der Waals surface area (Å²) in [5.41, 5.74) is 11.5. The molecule has 15 heteroatoms. The summed E-state index contributed by atoms with van der Waals surface area (Å²) in [6, 6.07) is -4.60. The van der Waals surface area contributed by atoms with Gasteiger partial charge in [-0.25, -0.2) is 0 Å². The zero-order chi connectivity index (χ0) is 40.2. The maximum Gasteiger partial charge on any atom is 0.245 e. The number of amides is 5. The molecule has 1 aliphatic heterocycles. The first kappa shape index (κ1) is 46.9. The predicted molar refractivity (Wildman–Crippen MR) is 209 cm³/mol. The number of likely N-dealkylation sites (N-methyl/N-ethyl adjacent to an activating group) is 1. The van der Waals surface area contributed by atoms with Gasteiger partial charge in [-0.05, 0) is 57.3 Å². The zero-order valence-corrected chi connectivity index (χ0v) is 33.9. The maximum absolute atomic E-state index is 14.2. The molecule has 15 nitrogen and oxygen atoms in total. The lowest BCUT2D eigenvalue weighted by Gasteiger charge is -2.36. The predicted octanol–water partition coefficient (Wildman–Crippen LogP) is 2.49. The molecule has 310 valence electrons. The van der Waals surface area contributed by atoms with E-state index in [1.165, 1.54) is 4.90 Å². The average molecular weight is 765 g/mol. The topological polar surface area (TPSA) is 231 Å². The van der Waals surface area contributed by atoms with E-state index in [0.717, 1.165) is 57.8 Å². The van der Waals surface area contributed by atoms with Gasteiger partial charge >= 0.3 is 0 Å². The quantitative estimate of drug-likeness (QED) is 0.0695. The largest absolute Gasteiger partial charge is 0.388 e. The Morgan fingerprint density at radius 2 is 1.56 bits per heavy atom. The number of carbonyl (C=O) groups is 5. The third-order valence-electron chi connectivity index (χ3n) is 10.5. The fraction of sp³-hybridized carbons (Fsp3) is 0.846. The molecule has 0 aromatic rings. The van der Waals surface area contributed by atoms with Crippen LogP contribution in [0.5, 0.6) is 0 Å². The lowest BCUT2D eigenvalue weighted by Crippen LogP contribution is -2.62. The van der Waals surface area contributed by atoms with Crippen LogP contribution < -0.4 is 32.7 Å². The molecule has 2 fully saturated rings. The summed E-state index contributed by atoms with van der Waals surface area (Å²) in [6.07, 6.45) is 10.5. The number of nitrogens with two attached hydrogens (primary N) is 2. The van der Waals surface area contributed by atoms with Gasteiger partial charge < -0.3 is 47.1 Å². The molecule has 0 aromatic heterocycles. The second-order valence-electron chi connectivity index (χ2n) is 15.8. The molecule has 0 unspecified atom stereocenters. The monoisotopic (exact) mass is 765 g/mol. The SMILES string of the molecule is CCCCCC[C@H]1OC[C@@H](C)NC(=O)[C@H](COCCCCC(=N)N)NC(=O)[C@H](CN)NC(=O)[C@H](C2CCCCC2)NC(=O)[C@H](CC(C)C)N(C)C(=O)[C@@H]1C. The first-order valence-corrected chi connectivity index (χ1v) is 20.4. The van der Waals surface area contributed by atoms with Gasteiger partial charge in [-0.3, -0.25) is 29.4 Å². The van der Waals surface area contributed by atoms with Crippen LogP contribution in [0.15, 0.2) is 0 Å². The highest BCUT2D eigenvalue weighted by molar-refractivity contribution is 5.96.